The van der Waals surface area contributed by atoms with Gasteiger partial charge in [0.05, 0.1) is 16.8 Å². The minimum Gasteiger partial charge on any atom is -0.381 e. The number of nitrogens with zero attached hydrogens (tertiary/aromatic N) is 1. The molecule has 0 spiro atoms. The van der Waals surface area contributed by atoms with Crippen LogP contribution in [0.5, 0.6) is 0 Å². The monoisotopic (exact) mass is 335 g/mol. The molecule has 0 aromatic heterocycles. The number of aliphatic hydroxyl groups excluding tert-OH is 1. The summed E-state index contributed by atoms with van der Waals surface area (Å²) in [6.07, 6.45) is 2.04. The summed E-state index contributed by atoms with van der Waals surface area (Å²) in [5, 5.41) is 10.6. The van der Waals surface area contributed by atoms with E-state index in [2.05, 4.69) is 30.3 Å². The number of hydrogen-bond donors (Lipinski definition) is 1. The predicted octanol–water partition coefficient (Wildman–Crippen LogP) is 4.84. The van der Waals surface area contributed by atoms with Crippen molar-refractivity contribution in [3.05, 3.63) is 69.2 Å². The Bertz CT molecular complexity index is 674. The molecule has 0 saturated carbocycles. The number of benzene rings is 2. The van der Waals surface area contributed by atoms with E-state index < -0.39 is 0 Å². The fourth-order valence-corrected chi connectivity index (χ4v) is 3.71. The summed E-state index contributed by atoms with van der Waals surface area (Å²) in [4.78, 5) is 1.99. The first-order chi connectivity index (χ1) is 10.6. The molecule has 116 valence electrons. The van der Waals surface area contributed by atoms with Crippen molar-refractivity contribution >= 4 is 23.2 Å². The van der Waals surface area contributed by atoms with Gasteiger partial charge >= 0.3 is 0 Å². The van der Waals surface area contributed by atoms with Gasteiger partial charge in [-0.15, -0.1) is 0 Å². The standard InChI is InChI=1S/C18H19Cl2NO/c1-21(11-22)18-9-7-13(14-4-2-3-5-15(14)18)12-6-8-16(19)17(20)10-12/h2-6,8,10,13,18,22H,7,9,11H2,1H3. The molecule has 1 aliphatic carbocycles. The smallest absolute Gasteiger partial charge is 0.0959 e. The van der Waals surface area contributed by atoms with Crippen LogP contribution in [-0.4, -0.2) is 23.8 Å². The molecule has 4 heteroatoms. The molecule has 1 N–H and O–H groups in total. The summed E-state index contributed by atoms with van der Waals surface area (Å²) in [6.45, 7) is 0.0659. The van der Waals surface area contributed by atoms with Crippen molar-refractivity contribution in [2.45, 2.75) is 24.8 Å². The van der Waals surface area contributed by atoms with E-state index in [-0.39, 0.29) is 12.8 Å². The lowest BCUT2D eigenvalue weighted by atomic mass is 9.76. The highest BCUT2D eigenvalue weighted by atomic mass is 35.5. The van der Waals surface area contributed by atoms with Crippen molar-refractivity contribution in [3.8, 4) is 0 Å². The van der Waals surface area contributed by atoms with Gasteiger partial charge in [-0.25, -0.2) is 0 Å². The van der Waals surface area contributed by atoms with Crippen molar-refractivity contribution in [2.24, 2.45) is 0 Å². The molecule has 0 bridgehead atoms. The predicted molar refractivity (Wildman–Crippen MR) is 91.6 cm³/mol. The van der Waals surface area contributed by atoms with Crippen molar-refractivity contribution < 1.29 is 5.11 Å². The zero-order chi connectivity index (χ0) is 15.7. The van der Waals surface area contributed by atoms with Gasteiger partial charge in [-0.2, -0.15) is 0 Å². The van der Waals surface area contributed by atoms with E-state index in [9.17, 15) is 5.11 Å². The molecule has 2 aromatic carbocycles. The normalized spacial score (nSPS) is 21.0. The van der Waals surface area contributed by atoms with Gasteiger partial charge in [0.1, 0.15) is 0 Å². The highest BCUT2D eigenvalue weighted by Gasteiger charge is 2.30. The third-order valence-corrected chi connectivity index (χ3v) is 5.30. The highest BCUT2D eigenvalue weighted by Crippen LogP contribution is 2.43. The van der Waals surface area contributed by atoms with Gasteiger partial charge in [0, 0.05) is 12.0 Å². The van der Waals surface area contributed by atoms with Crippen molar-refractivity contribution in [3.63, 3.8) is 0 Å². The largest absolute Gasteiger partial charge is 0.381 e. The van der Waals surface area contributed by atoms with Gasteiger partial charge in [-0.3, -0.25) is 4.90 Å². The maximum atomic E-state index is 9.46. The molecule has 0 fully saturated rings. The van der Waals surface area contributed by atoms with Crippen LogP contribution in [0.3, 0.4) is 0 Å². The number of rotatable bonds is 3. The van der Waals surface area contributed by atoms with Crippen LogP contribution >= 0.6 is 23.2 Å². The van der Waals surface area contributed by atoms with E-state index in [4.69, 9.17) is 23.2 Å². The van der Waals surface area contributed by atoms with Gasteiger partial charge in [0.25, 0.3) is 0 Å². The van der Waals surface area contributed by atoms with Crippen LogP contribution in [-0.2, 0) is 0 Å². The molecule has 2 unspecified atom stereocenters. The molecule has 0 amide bonds. The quantitative estimate of drug-likeness (QED) is 0.811. The average molecular weight is 336 g/mol. The molecule has 2 nitrogen and oxygen atoms in total. The third kappa shape index (κ3) is 2.89. The van der Waals surface area contributed by atoms with Crippen LogP contribution in [0.15, 0.2) is 42.5 Å². The van der Waals surface area contributed by atoms with Gasteiger partial charge in [-0.1, -0.05) is 53.5 Å². The summed E-state index contributed by atoms with van der Waals surface area (Å²) in [5.74, 6) is 0.328. The van der Waals surface area contributed by atoms with Crippen LogP contribution in [0, 0.1) is 0 Å². The zero-order valence-electron chi connectivity index (χ0n) is 12.5. The molecule has 1 aliphatic rings. The fraction of sp³-hybridized carbons (Fsp3) is 0.333. The molecule has 0 heterocycles. The number of fused-ring (bicyclic) bond motifs is 1. The molecule has 0 saturated heterocycles. The summed E-state index contributed by atoms with van der Waals surface area (Å²) in [7, 11) is 1.96. The van der Waals surface area contributed by atoms with Crippen LogP contribution in [0.4, 0.5) is 0 Å². The molecule has 2 atom stereocenters. The molecule has 22 heavy (non-hydrogen) atoms. The third-order valence-electron chi connectivity index (χ3n) is 4.56. The molecule has 3 rings (SSSR count). The average Bonchev–Trinajstić information content (AvgIpc) is 2.55. The summed E-state index contributed by atoms with van der Waals surface area (Å²) in [6, 6.07) is 14.6. The summed E-state index contributed by atoms with van der Waals surface area (Å²) >= 11 is 12.2. The van der Waals surface area contributed by atoms with Crippen LogP contribution in [0.25, 0.3) is 0 Å². The van der Waals surface area contributed by atoms with E-state index in [0.717, 1.165) is 12.8 Å². The lowest BCUT2D eigenvalue weighted by Gasteiger charge is -2.36. The van der Waals surface area contributed by atoms with Crippen LogP contribution < -0.4 is 0 Å². The van der Waals surface area contributed by atoms with Crippen molar-refractivity contribution in [1.82, 2.24) is 4.90 Å². The van der Waals surface area contributed by atoms with E-state index in [1.165, 1.54) is 16.7 Å². The van der Waals surface area contributed by atoms with Crippen molar-refractivity contribution in [1.29, 1.82) is 0 Å². The van der Waals surface area contributed by atoms with Gasteiger partial charge in [0.2, 0.25) is 0 Å². The number of hydrogen-bond acceptors (Lipinski definition) is 2. The van der Waals surface area contributed by atoms with Crippen molar-refractivity contribution in [2.75, 3.05) is 13.8 Å². The summed E-state index contributed by atoms with van der Waals surface area (Å²) < 4.78 is 0. The molecule has 2 aromatic rings. The Morgan fingerprint density at radius 2 is 1.77 bits per heavy atom. The van der Waals surface area contributed by atoms with E-state index >= 15 is 0 Å². The zero-order valence-corrected chi connectivity index (χ0v) is 14.0. The Hall–Kier alpha value is -1.06. The second-order valence-electron chi connectivity index (χ2n) is 5.85. The lowest BCUT2D eigenvalue weighted by molar-refractivity contribution is 0.0840. The minimum absolute atomic E-state index is 0.0659. The van der Waals surface area contributed by atoms with E-state index in [0.29, 0.717) is 16.0 Å². The Balaban J connectivity index is 2.02. The Morgan fingerprint density at radius 1 is 1.05 bits per heavy atom. The highest BCUT2D eigenvalue weighted by molar-refractivity contribution is 6.42. The van der Waals surface area contributed by atoms with Gasteiger partial charge < -0.3 is 5.11 Å². The van der Waals surface area contributed by atoms with E-state index in [1.807, 2.05) is 24.1 Å². The Kier molecular flexibility index (Phi) is 4.74. The van der Waals surface area contributed by atoms with Crippen LogP contribution in [0.2, 0.25) is 10.0 Å². The molecular formula is C18H19Cl2NO. The molecular weight excluding hydrogens is 317 g/mol. The van der Waals surface area contributed by atoms with Gasteiger partial charge in [-0.05, 0) is 48.7 Å². The Labute approximate surface area is 141 Å². The first-order valence-electron chi connectivity index (χ1n) is 7.46. The number of halogens is 2. The Morgan fingerprint density at radius 3 is 2.45 bits per heavy atom. The maximum absolute atomic E-state index is 9.46. The van der Waals surface area contributed by atoms with Gasteiger partial charge in [0.15, 0.2) is 0 Å². The first kappa shape index (κ1) is 15.8. The van der Waals surface area contributed by atoms with Crippen LogP contribution in [0.1, 0.15) is 41.5 Å². The topological polar surface area (TPSA) is 23.5 Å². The maximum Gasteiger partial charge on any atom is 0.0959 e. The first-order valence-corrected chi connectivity index (χ1v) is 8.22. The second kappa shape index (κ2) is 6.59. The molecule has 0 aliphatic heterocycles. The fourth-order valence-electron chi connectivity index (χ4n) is 3.40. The van der Waals surface area contributed by atoms with E-state index in [1.54, 1.807) is 0 Å². The minimum atomic E-state index is 0.0659. The SMILES string of the molecule is CN(CO)C1CCC(c2ccc(Cl)c(Cl)c2)c2ccccc21. The summed E-state index contributed by atoms with van der Waals surface area (Å²) in [5.41, 5.74) is 3.81. The second-order valence-corrected chi connectivity index (χ2v) is 6.66. The molecule has 0 radical (unpaired) electrons. The lowest BCUT2D eigenvalue weighted by Crippen LogP contribution is -2.29. The number of aliphatic hydroxyl groups is 1.